The van der Waals surface area contributed by atoms with Gasteiger partial charge in [0.05, 0.1) is 75.5 Å². The van der Waals surface area contributed by atoms with Gasteiger partial charge in [-0.2, -0.15) is 5.26 Å². The van der Waals surface area contributed by atoms with Crippen molar-refractivity contribution < 1.29 is 0 Å². The number of nitrogens with zero attached hydrogens (tertiary/aromatic N) is 8. The summed E-state index contributed by atoms with van der Waals surface area (Å²) in [5.74, 6) is 0. The molecule has 0 fully saturated rings. The number of nitriles is 1. The number of pyridine rings is 4. The zero-order valence-electron chi connectivity index (χ0n) is 68.7. The average molecular weight is 1620 g/mol. The fraction of sp³-hybridized carbons (Fsp3) is 0. The lowest BCUT2D eigenvalue weighted by atomic mass is 9.92. The summed E-state index contributed by atoms with van der Waals surface area (Å²) >= 11 is 0. The number of rotatable bonds is 0. The molecule has 0 bridgehead atoms. The molecule has 8 heteroatoms. The van der Waals surface area contributed by atoms with Crippen molar-refractivity contribution in [3.05, 3.63) is 441 Å². The molecule has 0 atom stereocenters. The van der Waals surface area contributed by atoms with Gasteiger partial charge in [-0.1, -0.05) is 315 Å². The first-order valence-electron chi connectivity index (χ1n) is 43.1. The molecule has 0 unspecified atom stereocenters. The van der Waals surface area contributed by atoms with E-state index in [1.165, 1.54) is 189 Å². The maximum Gasteiger partial charge on any atom is 0.202 e. The van der Waals surface area contributed by atoms with E-state index in [9.17, 15) is 5.26 Å². The molecule has 586 valence electrons. The highest BCUT2D eigenvalue weighted by molar-refractivity contribution is 6.36. The molecule has 0 N–H and O–H groups in total. The van der Waals surface area contributed by atoms with Gasteiger partial charge in [-0.3, -0.25) is 14.5 Å². The molecular formula is C120H66N8. The largest absolute Gasteiger partial charge is 0.315 e. The zero-order chi connectivity index (χ0) is 84.7. The second-order valence-corrected chi connectivity index (χ2v) is 33.7. The normalized spacial score (nSPS) is 11.9. The molecule has 29 rings (SSSR count). The monoisotopic (exact) mass is 1620 g/mol. The molecular weight excluding hydrogens is 1550 g/mol. The van der Waals surface area contributed by atoms with Gasteiger partial charge in [0.1, 0.15) is 0 Å². The average Bonchev–Trinajstić information content (AvgIpc) is 1.40. The number of fused-ring (bicyclic) bond motifs is 46. The van der Waals surface area contributed by atoms with E-state index >= 15 is 0 Å². The Morgan fingerprint density at radius 1 is 0.180 bits per heavy atom. The number of hydrogen-bond donors (Lipinski definition) is 0. The lowest BCUT2D eigenvalue weighted by Crippen LogP contribution is -1.93. The molecule has 8 nitrogen and oxygen atoms in total. The molecule has 0 amide bonds. The van der Waals surface area contributed by atoms with Crippen molar-refractivity contribution in [2.24, 2.45) is 0 Å². The Labute approximate surface area is 730 Å². The van der Waals surface area contributed by atoms with Gasteiger partial charge in [-0.05, 0) is 168 Å². The molecule has 8 aromatic heterocycles. The van der Waals surface area contributed by atoms with E-state index in [1.807, 2.05) is 36.4 Å². The molecule has 0 aliphatic heterocycles. The molecule has 0 radical (unpaired) electrons. The second-order valence-electron chi connectivity index (χ2n) is 33.7. The van der Waals surface area contributed by atoms with Gasteiger partial charge in [0.15, 0.2) is 5.69 Å². The highest BCUT2D eigenvalue weighted by Gasteiger charge is 2.26. The lowest BCUT2D eigenvalue weighted by molar-refractivity contribution is 1.30. The van der Waals surface area contributed by atoms with Crippen molar-refractivity contribution in [1.29, 1.82) is 5.26 Å². The maximum atomic E-state index is 10.0. The standard InChI is InChI=1S/C32H13N5.C32H19N.2C28H17N/c1-34-29-25-14-24-22-12-18-8-4-5-9-19(18)13-26(22)32-21-11-7-6-10-20(21)17-37(32)28(24)15-23(25)27(16-33)30(35-2)31(29)36-3;1-2-10-21-18-29-28(17-20(21)9-1)30-26-15-7-5-13-24(26)25-14-6-8-16-27(25)32(30)33-19-22-11-3-4-12-23(22)31(29)33;1-2-9-20-16-25-24(15-19(20)8-1)27-22-11-5-3-7-18(22)13-14-26(27)29-17-21-10-4-6-12-23(21)28(25)29;1-2-9-20-16-26-25(15-19(20)8-1)24-14-13-18-7-3-5-11-22(18)27(24)29-17-21-10-4-6-12-23(21)28(26)29/h4-15,17H;1-19H;2*1-17H. The molecule has 0 saturated heterocycles. The van der Waals surface area contributed by atoms with Crippen LogP contribution in [0, 0.1) is 31.0 Å². The third kappa shape index (κ3) is 10.5. The summed E-state index contributed by atoms with van der Waals surface area (Å²) < 4.78 is 9.41. The van der Waals surface area contributed by atoms with E-state index in [2.05, 4.69) is 403 Å². The van der Waals surface area contributed by atoms with E-state index in [1.54, 1.807) is 0 Å². The minimum absolute atomic E-state index is 0.0592. The van der Waals surface area contributed by atoms with Crippen LogP contribution in [-0.4, -0.2) is 17.6 Å². The molecule has 0 spiro atoms. The van der Waals surface area contributed by atoms with Gasteiger partial charge in [0.25, 0.3) is 0 Å². The van der Waals surface area contributed by atoms with E-state index < -0.39 is 0 Å². The number of benzene rings is 21. The molecule has 21 aromatic carbocycles. The Balaban J connectivity index is 0.0000000907. The first kappa shape index (κ1) is 71.8. The van der Waals surface area contributed by atoms with Crippen molar-refractivity contribution in [1.82, 2.24) is 17.6 Å². The van der Waals surface area contributed by atoms with Gasteiger partial charge in [0.2, 0.25) is 11.4 Å². The minimum atomic E-state index is -0.0593. The van der Waals surface area contributed by atoms with Crippen LogP contribution in [0.5, 0.6) is 0 Å². The van der Waals surface area contributed by atoms with Crippen LogP contribution in [0.4, 0.5) is 17.1 Å². The highest BCUT2D eigenvalue weighted by atomic mass is 14.9. The number of hydrogen-bond acceptors (Lipinski definition) is 1. The summed E-state index contributed by atoms with van der Waals surface area (Å²) in [6, 6.07) is 138. The Morgan fingerprint density at radius 3 is 0.930 bits per heavy atom. The van der Waals surface area contributed by atoms with Crippen LogP contribution in [0.15, 0.2) is 401 Å². The summed E-state index contributed by atoms with van der Waals surface area (Å²) in [6.07, 6.45) is 9.01. The first-order valence-corrected chi connectivity index (χ1v) is 43.1. The van der Waals surface area contributed by atoms with Crippen LogP contribution in [0.3, 0.4) is 0 Å². The fourth-order valence-corrected chi connectivity index (χ4v) is 21.5. The van der Waals surface area contributed by atoms with Crippen LogP contribution in [0.1, 0.15) is 5.56 Å². The van der Waals surface area contributed by atoms with Crippen LogP contribution in [0.25, 0.3) is 263 Å². The van der Waals surface area contributed by atoms with Gasteiger partial charge >= 0.3 is 0 Å². The molecule has 8 heterocycles. The SMILES string of the molecule is [C-]#[N+]c1c([N+]#[C-])c([N+]#[C-])c2cc3c4cc5ccccc5cc4c4c5ccccc5cn4c3cc2c1C#N.c1ccc2cc3c(cc2c1)c1c2ccccc2c2ccccc2c1n1cc2ccccc2c31.c1ccc2cc3c(cc2c1)c1c2ccccc2ccc1n1cc2ccccc2c31.c1ccc2cc3c(cc2c1)c1ccc2ccccc2c1n1cc2ccccc2c31. The third-order valence-electron chi connectivity index (χ3n) is 27.1. The summed E-state index contributed by atoms with van der Waals surface area (Å²) in [5, 5.41) is 56.3. The summed E-state index contributed by atoms with van der Waals surface area (Å²) in [5.41, 5.74) is 9.79. The predicted octanol–water partition coefficient (Wildman–Crippen LogP) is 33.5. The van der Waals surface area contributed by atoms with Gasteiger partial charge < -0.3 is 17.6 Å². The second kappa shape index (κ2) is 27.8. The Hall–Kier alpha value is -17.9. The van der Waals surface area contributed by atoms with E-state index in [0.717, 1.165) is 48.7 Å². The van der Waals surface area contributed by atoms with Crippen molar-refractivity contribution in [3.63, 3.8) is 0 Å². The van der Waals surface area contributed by atoms with Crippen molar-refractivity contribution in [3.8, 4) is 6.07 Å². The molecule has 0 aliphatic rings. The molecule has 0 saturated carbocycles. The summed E-state index contributed by atoms with van der Waals surface area (Å²) in [7, 11) is 0. The Morgan fingerprint density at radius 2 is 0.477 bits per heavy atom. The van der Waals surface area contributed by atoms with Crippen molar-refractivity contribution in [2.45, 2.75) is 0 Å². The molecule has 29 aromatic rings. The Kier molecular flexibility index (Phi) is 15.6. The van der Waals surface area contributed by atoms with Crippen LogP contribution in [0.2, 0.25) is 0 Å². The fourth-order valence-electron chi connectivity index (χ4n) is 21.5. The third-order valence-corrected chi connectivity index (χ3v) is 27.1. The van der Waals surface area contributed by atoms with Gasteiger partial charge in [-0.15, -0.1) is 0 Å². The maximum absolute atomic E-state index is 10.0. The van der Waals surface area contributed by atoms with Crippen LogP contribution < -0.4 is 0 Å². The predicted molar refractivity (Wildman–Crippen MR) is 541 cm³/mol. The first-order chi connectivity index (χ1) is 63.3. The van der Waals surface area contributed by atoms with E-state index in [0.29, 0.717) is 10.8 Å². The van der Waals surface area contributed by atoms with Gasteiger partial charge in [0, 0.05) is 122 Å². The van der Waals surface area contributed by atoms with E-state index in [4.69, 9.17) is 19.7 Å². The highest BCUT2D eigenvalue weighted by Crippen LogP contribution is 2.52. The van der Waals surface area contributed by atoms with Crippen molar-refractivity contribution in [2.75, 3.05) is 0 Å². The van der Waals surface area contributed by atoms with Gasteiger partial charge in [-0.25, -0.2) is 0 Å². The zero-order valence-corrected chi connectivity index (χ0v) is 68.7. The molecule has 0 aliphatic carbocycles. The number of aromatic nitrogens is 4. The topological polar surface area (TPSA) is 54.5 Å². The van der Waals surface area contributed by atoms with Crippen LogP contribution in [-0.2, 0) is 0 Å². The smallest absolute Gasteiger partial charge is 0.202 e. The molecule has 128 heavy (non-hydrogen) atoms. The van der Waals surface area contributed by atoms with Crippen LogP contribution >= 0.6 is 0 Å². The van der Waals surface area contributed by atoms with E-state index in [-0.39, 0.29) is 22.6 Å². The van der Waals surface area contributed by atoms with Crippen molar-refractivity contribution >= 4 is 266 Å². The quantitative estimate of drug-likeness (QED) is 0.0848. The lowest BCUT2D eigenvalue weighted by Gasteiger charge is -2.16. The summed E-state index contributed by atoms with van der Waals surface area (Å²) in [4.78, 5) is 10.7. The summed E-state index contributed by atoms with van der Waals surface area (Å²) in [6.45, 7) is 23.2. The Bertz CT molecular complexity index is 10300. The minimum Gasteiger partial charge on any atom is -0.315 e.